The lowest BCUT2D eigenvalue weighted by molar-refractivity contribution is -0.137. The molecule has 1 aromatic heterocycles. The van der Waals surface area contributed by atoms with Gasteiger partial charge in [-0.05, 0) is 89.4 Å². The highest BCUT2D eigenvalue weighted by molar-refractivity contribution is 5.74. The monoisotopic (exact) mass is 567 g/mol. The van der Waals surface area contributed by atoms with Gasteiger partial charge in [-0.25, -0.2) is 8.78 Å². The molecule has 8 heteroatoms. The minimum atomic E-state index is -4.46. The molecule has 0 bridgehead atoms. The van der Waals surface area contributed by atoms with Crippen LogP contribution in [-0.2, 0) is 19.0 Å². The number of pyridine rings is 1. The van der Waals surface area contributed by atoms with E-state index >= 15 is 0 Å². The second kappa shape index (κ2) is 11.3. The van der Waals surface area contributed by atoms with E-state index in [2.05, 4.69) is 0 Å². The van der Waals surface area contributed by atoms with Crippen LogP contribution in [0.5, 0.6) is 0 Å². The van der Waals surface area contributed by atoms with E-state index in [0.717, 1.165) is 23.4 Å². The van der Waals surface area contributed by atoms with Gasteiger partial charge in [-0.1, -0.05) is 50.2 Å². The van der Waals surface area contributed by atoms with Crippen molar-refractivity contribution < 1.29 is 32.2 Å². The lowest BCUT2D eigenvalue weighted by Gasteiger charge is -2.36. The predicted molar refractivity (Wildman–Crippen MR) is 146 cm³/mol. The van der Waals surface area contributed by atoms with Crippen molar-refractivity contribution in [2.75, 3.05) is 0 Å². The van der Waals surface area contributed by atoms with E-state index in [-0.39, 0.29) is 12.3 Å². The number of aliphatic hydroxyl groups is 2. The van der Waals surface area contributed by atoms with Crippen LogP contribution in [0.4, 0.5) is 22.0 Å². The minimum Gasteiger partial charge on any atom is -0.388 e. The van der Waals surface area contributed by atoms with E-state index in [9.17, 15) is 32.2 Å². The quantitative estimate of drug-likeness (QED) is 0.232. The van der Waals surface area contributed by atoms with Crippen LogP contribution >= 0.6 is 0 Å². The molecule has 0 saturated heterocycles. The van der Waals surface area contributed by atoms with Gasteiger partial charge < -0.3 is 10.2 Å². The summed E-state index contributed by atoms with van der Waals surface area (Å²) in [4.78, 5) is 4.95. The van der Waals surface area contributed by atoms with Crippen LogP contribution in [0.2, 0.25) is 0 Å². The molecule has 214 valence electrons. The number of aromatic nitrogens is 1. The van der Waals surface area contributed by atoms with Crippen molar-refractivity contribution >= 4 is 0 Å². The number of aryl methyl sites for hydroxylation is 1. The van der Waals surface area contributed by atoms with Crippen LogP contribution in [0, 0.1) is 17.6 Å². The highest BCUT2D eigenvalue weighted by Crippen LogP contribution is 2.47. The summed E-state index contributed by atoms with van der Waals surface area (Å²) in [7, 11) is 0. The molecule has 41 heavy (non-hydrogen) atoms. The molecule has 0 saturated carbocycles. The van der Waals surface area contributed by atoms with Crippen LogP contribution in [0.1, 0.15) is 77.6 Å². The van der Waals surface area contributed by atoms with Gasteiger partial charge in [0.2, 0.25) is 0 Å². The van der Waals surface area contributed by atoms with Crippen LogP contribution < -0.4 is 0 Å². The fourth-order valence-electron chi connectivity index (χ4n) is 5.75. The maximum Gasteiger partial charge on any atom is 0.416 e. The number of hydrogen-bond acceptors (Lipinski definition) is 3. The van der Waals surface area contributed by atoms with Gasteiger partial charge >= 0.3 is 6.18 Å². The Morgan fingerprint density at radius 2 is 1.46 bits per heavy atom. The summed E-state index contributed by atoms with van der Waals surface area (Å²) < 4.78 is 67.1. The lowest BCUT2D eigenvalue weighted by atomic mass is 9.74. The third-order valence-electron chi connectivity index (χ3n) is 7.82. The van der Waals surface area contributed by atoms with Crippen LogP contribution in [0.15, 0.2) is 72.8 Å². The van der Waals surface area contributed by atoms with Crippen molar-refractivity contribution in [1.82, 2.24) is 4.98 Å². The number of aliphatic hydroxyl groups excluding tert-OH is 2. The molecule has 2 N–H and O–H groups in total. The molecule has 3 aromatic carbocycles. The number of alkyl halides is 3. The molecule has 1 aliphatic carbocycles. The maximum absolute atomic E-state index is 14.0. The summed E-state index contributed by atoms with van der Waals surface area (Å²) in [5.74, 6) is -1.55. The smallest absolute Gasteiger partial charge is 0.388 e. The van der Waals surface area contributed by atoms with Gasteiger partial charge in [0, 0.05) is 22.9 Å². The molecular formula is C33H30F5NO2. The zero-order chi connectivity index (χ0) is 29.5. The summed E-state index contributed by atoms with van der Waals surface area (Å²) in [6.45, 7) is 3.94. The number of fused-ring (bicyclic) bond motifs is 1. The molecule has 1 heterocycles. The molecule has 5 rings (SSSR count). The fourth-order valence-corrected chi connectivity index (χ4v) is 5.75. The number of halogens is 5. The van der Waals surface area contributed by atoms with Crippen molar-refractivity contribution in [2.45, 2.75) is 57.4 Å². The molecule has 0 fully saturated rings. The van der Waals surface area contributed by atoms with E-state index < -0.39 is 41.5 Å². The third kappa shape index (κ3) is 5.90. The maximum atomic E-state index is 14.0. The third-order valence-corrected chi connectivity index (χ3v) is 7.82. The van der Waals surface area contributed by atoms with E-state index in [1.54, 1.807) is 12.1 Å². The summed E-state index contributed by atoms with van der Waals surface area (Å²) in [5.41, 5.74) is 4.26. The Bertz CT molecular complexity index is 1510. The van der Waals surface area contributed by atoms with Crippen molar-refractivity contribution in [3.05, 3.63) is 124 Å². The van der Waals surface area contributed by atoms with Gasteiger partial charge in [0.15, 0.2) is 0 Å². The number of rotatable bonds is 6. The average molecular weight is 568 g/mol. The van der Waals surface area contributed by atoms with Gasteiger partial charge in [-0.3, -0.25) is 4.98 Å². The lowest BCUT2D eigenvalue weighted by Crippen LogP contribution is -2.29. The van der Waals surface area contributed by atoms with Crippen molar-refractivity contribution in [1.29, 1.82) is 0 Å². The first-order valence-electron chi connectivity index (χ1n) is 13.5. The average Bonchev–Trinajstić information content (AvgIpc) is 2.93. The zero-order valence-electron chi connectivity index (χ0n) is 22.6. The molecule has 3 atom stereocenters. The summed E-state index contributed by atoms with van der Waals surface area (Å²) in [5, 5.41) is 23.0. The van der Waals surface area contributed by atoms with Gasteiger partial charge in [-0.15, -0.1) is 0 Å². The Kier molecular flexibility index (Phi) is 7.99. The number of benzene rings is 3. The molecule has 0 spiro atoms. The Morgan fingerprint density at radius 3 is 2.02 bits per heavy atom. The van der Waals surface area contributed by atoms with E-state index in [4.69, 9.17) is 4.98 Å². The molecular weight excluding hydrogens is 537 g/mol. The second-order valence-corrected chi connectivity index (χ2v) is 10.9. The Balaban J connectivity index is 1.67. The molecule has 0 amide bonds. The summed E-state index contributed by atoms with van der Waals surface area (Å²) in [6.07, 6.45) is -5.57. The van der Waals surface area contributed by atoms with Crippen LogP contribution in [0.25, 0.3) is 11.1 Å². The standard InChI is InChI=1S/C33H30F5NO2/c1-18(2)30-26(17-19-3-9-22(10-4-19)33(36,37)38)28(20-5-11-23(34)12-6-20)29-27(39-30)16-15-25(32(29)41)31(40)21-7-13-24(35)14-8-21/h3-14,18,25,31-32,40-41H,15-17H2,1-2H3. The first-order chi connectivity index (χ1) is 19.4. The Hall–Kier alpha value is -3.62. The Labute approximate surface area is 235 Å². The minimum absolute atomic E-state index is 0.0522. The SMILES string of the molecule is CC(C)c1nc2c(c(-c3ccc(F)cc3)c1Cc1ccc(C(F)(F)F)cc1)C(O)C(C(O)c1ccc(F)cc1)CC2. The normalized spacial score (nSPS) is 17.9. The Morgan fingerprint density at radius 1 is 0.878 bits per heavy atom. The van der Waals surface area contributed by atoms with E-state index in [0.29, 0.717) is 46.4 Å². The molecule has 3 nitrogen and oxygen atoms in total. The van der Waals surface area contributed by atoms with Crippen LogP contribution in [-0.4, -0.2) is 15.2 Å². The largest absolute Gasteiger partial charge is 0.416 e. The molecule has 1 aliphatic rings. The fraction of sp³-hybridized carbons (Fsp3) is 0.303. The first kappa shape index (κ1) is 28.9. The van der Waals surface area contributed by atoms with Gasteiger partial charge in [0.25, 0.3) is 0 Å². The van der Waals surface area contributed by atoms with Crippen molar-refractivity contribution in [3.8, 4) is 11.1 Å². The highest BCUT2D eigenvalue weighted by Gasteiger charge is 2.38. The number of hydrogen-bond donors (Lipinski definition) is 2. The van der Waals surface area contributed by atoms with Crippen LogP contribution in [0.3, 0.4) is 0 Å². The van der Waals surface area contributed by atoms with E-state index in [1.807, 2.05) is 13.8 Å². The first-order valence-corrected chi connectivity index (χ1v) is 13.5. The molecule has 0 radical (unpaired) electrons. The van der Waals surface area contributed by atoms with Crippen molar-refractivity contribution in [2.24, 2.45) is 5.92 Å². The molecule has 0 aliphatic heterocycles. The summed E-state index contributed by atoms with van der Waals surface area (Å²) in [6, 6.07) is 16.3. The molecule has 3 unspecified atom stereocenters. The topological polar surface area (TPSA) is 53.4 Å². The highest BCUT2D eigenvalue weighted by atomic mass is 19.4. The zero-order valence-corrected chi connectivity index (χ0v) is 22.6. The second-order valence-electron chi connectivity index (χ2n) is 10.9. The predicted octanol–water partition coefficient (Wildman–Crippen LogP) is 8.09. The molecule has 4 aromatic rings. The van der Waals surface area contributed by atoms with Crippen molar-refractivity contribution in [3.63, 3.8) is 0 Å². The number of nitrogens with zero attached hydrogens (tertiary/aromatic N) is 1. The summed E-state index contributed by atoms with van der Waals surface area (Å²) >= 11 is 0. The van der Waals surface area contributed by atoms with E-state index in [1.165, 1.54) is 48.5 Å². The van der Waals surface area contributed by atoms with Gasteiger partial charge in [0.1, 0.15) is 11.6 Å². The van der Waals surface area contributed by atoms with Gasteiger partial charge in [-0.2, -0.15) is 13.2 Å². The van der Waals surface area contributed by atoms with Gasteiger partial charge in [0.05, 0.1) is 17.8 Å².